The van der Waals surface area contributed by atoms with E-state index in [0.717, 1.165) is 24.9 Å². The van der Waals surface area contributed by atoms with E-state index in [2.05, 4.69) is 27.2 Å². The Labute approximate surface area is 156 Å². The van der Waals surface area contributed by atoms with Gasteiger partial charge in [-0.05, 0) is 24.1 Å². The van der Waals surface area contributed by atoms with E-state index in [1.54, 1.807) is 28.8 Å². The summed E-state index contributed by atoms with van der Waals surface area (Å²) in [7, 11) is 1.34. The number of carbonyl (C=O) groups is 1. The number of nitrogens with two attached hydrogens (primary N) is 1. The van der Waals surface area contributed by atoms with Gasteiger partial charge in [-0.15, -0.1) is 0 Å². The summed E-state index contributed by atoms with van der Waals surface area (Å²) in [4.78, 5) is 24.3. The fourth-order valence-electron chi connectivity index (χ4n) is 2.66. The van der Waals surface area contributed by atoms with E-state index in [0.29, 0.717) is 29.2 Å². The van der Waals surface area contributed by atoms with Gasteiger partial charge in [-0.25, -0.2) is 4.79 Å². The average Bonchev–Trinajstić information content (AvgIpc) is 2.98. The summed E-state index contributed by atoms with van der Waals surface area (Å²) >= 11 is 0. The van der Waals surface area contributed by atoms with Gasteiger partial charge in [0.05, 0.1) is 19.2 Å². The van der Waals surface area contributed by atoms with Gasteiger partial charge in [0.1, 0.15) is 0 Å². The second kappa shape index (κ2) is 7.90. The molecule has 0 atom stereocenters. The van der Waals surface area contributed by atoms with Crippen molar-refractivity contribution >= 4 is 28.9 Å². The van der Waals surface area contributed by atoms with Gasteiger partial charge >= 0.3 is 5.97 Å². The molecular weight excluding hydrogens is 348 g/mol. The largest absolute Gasteiger partial charge is 0.480 e. The first kappa shape index (κ1) is 18.4. The number of hydrogen-bond donors (Lipinski definition) is 3. The zero-order valence-corrected chi connectivity index (χ0v) is 15.3. The zero-order chi connectivity index (χ0) is 19.4. The van der Waals surface area contributed by atoms with Crippen LogP contribution < -0.4 is 11.1 Å². The fourth-order valence-corrected chi connectivity index (χ4v) is 2.66. The third-order valence-electron chi connectivity index (χ3n) is 4.13. The van der Waals surface area contributed by atoms with Crippen molar-refractivity contribution in [2.75, 3.05) is 24.7 Å². The summed E-state index contributed by atoms with van der Waals surface area (Å²) in [6, 6.07) is 6.69. The highest BCUT2D eigenvalue weighted by atomic mass is 16.5. The molecule has 0 aliphatic carbocycles. The van der Waals surface area contributed by atoms with E-state index >= 15 is 0 Å². The summed E-state index contributed by atoms with van der Waals surface area (Å²) in [5, 5.41) is 13.4. The van der Waals surface area contributed by atoms with Crippen LogP contribution in [0, 0.1) is 0 Å². The molecule has 0 radical (unpaired) electrons. The smallest absolute Gasteiger partial charge is 0.337 e. The number of esters is 1. The molecule has 0 bridgehead atoms. The molecule has 27 heavy (non-hydrogen) atoms. The van der Waals surface area contributed by atoms with Crippen LogP contribution in [0.2, 0.25) is 0 Å². The number of rotatable bonds is 7. The van der Waals surface area contributed by atoms with Gasteiger partial charge in [0, 0.05) is 6.54 Å². The first-order valence-electron chi connectivity index (χ1n) is 8.67. The molecule has 0 aliphatic heterocycles. The topological polar surface area (TPSA) is 128 Å². The number of nitrogens with zero attached hydrogens (tertiary/aromatic N) is 4. The molecule has 0 aliphatic rings. The highest BCUT2D eigenvalue weighted by Crippen LogP contribution is 2.25. The Morgan fingerprint density at radius 3 is 2.67 bits per heavy atom. The quantitative estimate of drug-likeness (QED) is 0.426. The lowest BCUT2D eigenvalue weighted by atomic mass is 10.1. The summed E-state index contributed by atoms with van der Waals surface area (Å²) in [6.45, 7) is 3.14. The maximum atomic E-state index is 11.5. The van der Waals surface area contributed by atoms with Crippen LogP contribution in [0.3, 0.4) is 0 Å². The molecule has 0 fully saturated rings. The lowest BCUT2D eigenvalue weighted by Crippen LogP contribution is -2.08. The number of imidazole rings is 1. The molecule has 0 spiro atoms. The third-order valence-corrected chi connectivity index (χ3v) is 4.13. The number of ether oxygens (including phenoxy) is 1. The first-order valence-corrected chi connectivity index (χ1v) is 8.67. The Kier molecular flexibility index (Phi) is 5.39. The number of fused-ring (bicyclic) bond motifs is 1. The minimum atomic E-state index is -0.402. The molecule has 2 aromatic heterocycles. The molecular formula is C18H22N6O3. The SMILES string of the molecule is CCCCNc1nc(N)c2nc(O)n(Cc3ccc(C(=O)OC)cc3)c2n1. The van der Waals surface area contributed by atoms with Crippen LogP contribution in [0.1, 0.15) is 35.7 Å². The van der Waals surface area contributed by atoms with E-state index < -0.39 is 5.97 Å². The molecule has 3 rings (SSSR count). The van der Waals surface area contributed by atoms with Crippen molar-refractivity contribution in [2.24, 2.45) is 0 Å². The third kappa shape index (κ3) is 3.91. The lowest BCUT2D eigenvalue weighted by Gasteiger charge is -2.08. The summed E-state index contributed by atoms with van der Waals surface area (Å²) in [5.74, 6) is 0.200. The van der Waals surface area contributed by atoms with E-state index in [9.17, 15) is 9.90 Å². The Balaban J connectivity index is 1.91. The van der Waals surface area contributed by atoms with Crippen LogP contribution >= 0.6 is 0 Å². The highest BCUT2D eigenvalue weighted by Gasteiger charge is 2.16. The monoisotopic (exact) mass is 370 g/mol. The van der Waals surface area contributed by atoms with Gasteiger partial charge in [-0.3, -0.25) is 4.57 Å². The Bertz CT molecular complexity index is 952. The van der Waals surface area contributed by atoms with E-state index in [-0.39, 0.29) is 11.8 Å². The second-order valence-electron chi connectivity index (χ2n) is 6.07. The van der Waals surface area contributed by atoms with Gasteiger partial charge in [0.2, 0.25) is 5.95 Å². The number of benzene rings is 1. The second-order valence-corrected chi connectivity index (χ2v) is 6.07. The molecule has 0 saturated carbocycles. The lowest BCUT2D eigenvalue weighted by molar-refractivity contribution is 0.0600. The van der Waals surface area contributed by atoms with Crippen molar-refractivity contribution in [1.82, 2.24) is 19.5 Å². The number of nitrogen functional groups attached to an aromatic ring is 1. The molecule has 9 nitrogen and oxygen atoms in total. The van der Waals surface area contributed by atoms with Crippen LogP contribution in [-0.2, 0) is 11.3 Å². The van der Waals surface area contributed by atoms with Gasteiger partial charge in [-0.1, -0.05) is 25.5 Å². The van der Waals surface area contributed by atoms with Crippen LogP contribution in [0.5, 0.6) is 6.01 Å². The fraction of sp³-hybridized carbons (Fsp3) is 0.333. The molecule has 0 unspecified atom stereocenters. The summed E-state index contributed by atoms with van der Waals surface area (Å²) < 4.78 is 6.24. The molecule has 0 amide bonds. The van der Waals surface area contributed by atoms with Crippen molar-refractivity contribution in [3.8, 4) is 6.01 Å². The van der Waals surface area contributed by atoms with E-state index in [4.69, 9.17) is 10.5 Å². The normalized spacial score (nSPS) is 10.9. The predicted octanol–water partition coefficient (Wildman–Crippen LogP) is 2.16. The van der Waals surface area contributed by atoms with Gasteiger partial charge in [0.15, 0.2) is 17.0 Å². The number of unbranched alkanes of at least 4 members (excludes halogenated alkanes) is 1. The summed E-state index contributed by atoms with van der Waals surface area (Å²) in [6.07, 6.45) is 2.03. The molecule has 0 saturated heterocycles. The molecule has 2 heterocycles. The Hall–Kier alpha value is -3.36. The maximum absolute atomic E-state index is 11.5. The van der Waals surface area contributed by atoms with Crippen molar-refractivity contribution in [1.29, 1.82) is 0 Å². The standard InChI is InChI=1S/C18H22N6O3/c1-3-4-9-20-17-22-14(19)13-15(23-17)24(18(26)21-13)10-11-5-7-12(8-6-11)16(25)27-2/h5-8H,3-4,9-10H2,1-2H3,(H,21,26)(H3,19,20,22,23). The number of aromatic hydroxyl groups is 1. The van der Waals surface area contributed by atoms with Gasteiger partial charge < -0.3 is 20.9 Å². The number of methoxy groups -OCH3 is 1. The number of carbonyl (C=O) groups excluding carboxylic acids is 1. The highest BCUT2D eigenvalue weighted by molar-refractivity contribution is 5.89. The zero-order valence-electron chi connectivity index (χ0n) is 15.3. The van der Waals surface area contributed by atoms with E-state index in [1.807, 2.05) is 0 Å². The molecule has 142 valence electrons. The average molecular weight is 370 g/mol. The van der Waals surface area contributed by atoms with Crippen molar-refractivity contribution < 1.29 is 14.6 Å². The maximum Gasteiger partial charge on any atom is 0.337 e. The Morgan fingerprint density at radius 1 is 1.26 bits per heavy atom. The Morgan fingerprint density at radius 2 is 2.00 bits per heavy atom. The number of anilines is 2. The number of hydrogen-bond acceptors (Lipinski definition) is 8. The van der Waals surface area contributed by atoms with Crippen molar-refractivity contribution in [3.05, 3.63) is 35.4 Å². The molecule has 1 aromatic carbocycles. The van der Waals surface area contributed by atoms with Crippen LogP contribution in [0.25, 0.3) is 11.2 Å². The molecule has 4 N–H and O–H groups in total. The van der Waals surface area contributed by atoms with Crippen LogP contribution in [-0.4, -0.2) is 44.2 Å². The van der Waals surface area contributed by atoms with Crippen LogP contribution in [0.4, 0.5) is 11.8 Å². The first-order chi connectivity index (χ1) is 13.0. The van der Waals surface area contributed by atoms with Crippen LogP contribution in [0.15, 0.2) is 24.3 Å². The van der Waals surface area contributed by atoms with E-state index in [1.165, 1.54) is 7.11 Å². The predicted molar refractivity (Wildman–Crippen MR) is 102 cm³/mol. The molecule has 3 aromatic rings. The molecule has 9 heteroatoms. The number of nitrogens with one attached hydrogen (secondary N) is 1. The summed E-state index contributed by atoms with van der Waals surface area (Å²) in [5.41, 5.74) is 8.07. The number of aromatic nitrogens is 4. The minimum Gasteiger partial charge on any atom is -0.480 e. The minimum absolute atomic E-state index is 0.200. The van der Waals surface area contributed by atoms with Crippen molar-refractivity contribution in [2.45, 2.75) is 26.3 Å². The van der Waals surface area contributed by atoms with Crippen molar-refractivity contribution in [3.63, 3.8) is 0 Å². The van der Waals surface area contributed by atoms with Gasteiger partial charge in [-0.2, -0.15) is 15.0 Å². The van der Waals surface area contributed by atoms with Gasteiger partial charge in [0.25, 0.3) is 6.01 Å².